The Morgan fingerprint density at radius 1 is 1.24 bits per heavy atom. The summed E-state index contributed by atoms with van der Waals surface area (Å²) in [5, 5.41) is 1.25. The van der Waals surface area contributed by atoms with Crippen LogP contribution in [-0.4, -0.2) is 21.1 Å². The zero-order valence-electron chi connectivity index (χ0n) is 11.3. The van der Waals surface area contributed by atoms with Gasteiger partial charge in [0.2, 0.25) is 5.91 Å². The summed E-state index contributed by atoms with van der Waals surface area (Å²) in [5.41, 5.74) is 6.14. The van der Waals surface area contributed by atoms with Crippen molar-refractivity contribution in [2.24, 2.45) is 5.73 Å². The molecule has 2 heterocycles. The van der Waals surface area contributed by atoms with Gasteiger partial charge in [-0.05, 0) is 25.1 Å². The maximum absolute atomic E-state index is 11.3. The van der Waals surface area contributed by atoms with E-state index < -0.39 is 0 Å². The van der Waals surface area contributed by atoms with E-state index in [2.05, 4.69) is 9.97 Å². The number of amides is 1. The second kappa shape index (κ2) is 5.57. The van der Waals surface area contributed by atoms with Gasteiger partial charge in [-0.2, -0.15) is 0 Å². The van der Waals surface area contributed by atoms with Crippen LogP contribution >= 0.6 is 11.8 Å². The number of furan rings is 1. The Morgan fingerprint density at radius 3 is 2.76 bits per heavy atom. The van der Waals surface area contributed by atoms with Crippen LogP contribution in [0.3, 0.4) is 0 Å². The lowest BCUT2D eigenvalue weighted by molar-refractivity contribution is -0.117. The zero-order valence-corrected chi connectivity index (χ0v) is 12.1. The van der Waals surface area contributed by atoms with Gasteiger partial charge in [-0.15, -0.1) is 0 Å². The number of hydrogen-bond donors (Lipinski definition) is 1. The normalized spacial score (nSPS) is 12.4. The van der Waals surface area contributed by atoms with Crippen molar-refractivity contribution < 1.29 is 9.21 Å². The first-order valence-electron chi connectivity index (χ1n) is 6.42. The van der Waals surface area contributed by atoms with Gasteiger partial charge in [-0.25, -0.2) is 9.97 Å². The minimum atomic E-state index is -0.373. The molecule has 2 N–H and O–H groups in total. The van der Waals surface area contributed by atoms with Crippen molar-refractivity contribution in [2.75, 3.05) is 0 Å². The second-order valence-electron chi connectivity index (χ2n) is 4.51. The van der Waals surface area contributed by atoms with Gasteiger partial charge in [0.15, 0.2) is 11.6 Å². The first-order chi connectivity index (χ1) is 10.1. The summed E-state index contributed by atoms with van der Waals surface area (Å²) in [6, 6.07) is 11.2. The monoisotopic (exact) mass is 299 g/mol. The van der Waals surface area contributed by atoms with Crippen LogP contribution in [0.4, 0.5) is 0 Å². The van der Waals surface area contributed by atoms with E-state index in [1.54, 1.807) is 25.3 Å². The number of thioether (sulfide) groups is 1. The average molecular weight is 299 g/mol. The first kappa shape index (κ1) is 13.6. The number of carbonyl (C=O) groups excluding carboxylic acids is 1. The number of nitrogens with zero attached hydrogens (tertiary/aromatic N) is 2. The highest BCUT2D eigenvalue weighted by atomic mass is 32.2. The van der Waals surface area contributed by atoms with Gasteiger partial charge in [0.05, 0.1) is 17.0 Å². The van der Waals surface area contributed by atoms with Crippen LogP contribution in [-0.2, 0) is 4.79 Å². The SMILES string of the molecule is C[C@H](Sc1nc(-c2ccco2)nc2ccccc12)C(N)=O. The highest BCUT2D eigenvalue weighted by molar-refractivity contribution is 8.00. The number of nitrogens with two attached hydrogens (primary N) is 1. The van der Waals surface area contributed by atoms with Crippen LogP contribution < -0.4 is 5.73 Å². The van der Waals surface area contributed by atoms with E-state index in [0.29, 0.717) is 11.6 Å². The molecular weight excluding hydrogens is 286 g/mol. The van der Waals surface area contributed by atoms with Gasteiger partial charge in [0.25, 0.3) is 0 Å². The fourth-order valence-corrected chi connectivity index (χ4v) is 2.77. The molecule has 5 nitrogen and oxygen atoms in total. The van der Waals surface area contributed by atoms with Gasteiger partial charge in [0.1, 0.15) is 5.03 Å². The molecule has 0 spiro atoms. The molecule has 1 amide bonds. The van der Waals surface area contributed by atoms with Crippen molar-refractivity contribution in [3.63, 3.8) is 0 Å². The number of hydrogen-bond acceptors (Lipinski definition) is 5. The van der Waals surface area contributed by atoms with Crippen molar-refractivity contribution in [3.8, 4) is 11.6 Å². The standard InChI is InChI=1S/C15H13N3O2S/c1-9(13(16)19)21-15-10-5-2-3-6-11(10)17-14(18-15)12-7-4-8-20-12/h2-9H,1H3,(H2,16,19)/t9-/m0/s1. The summed E-state index contributed by atoms with van der Waals surface area (Å²) in [5.74, 6) is 0.717. The van der Waals surface area contributed by atoms with Crippen molar-refractivity contribution in [1.82, 2.24) is 9.97 Å². The molecule has 3 rings (SSSR count). The molecule has 0 fully saturated rings. The molecule has 0 aliphatic heterocycles. The minimum Gasteiger partial charge on any atom is -0.461 e. The fourth-order valence-electron chi connectivity index (χ4n) is 1.88. The third-order valence-corrected chi connectivity index (χ3v) is 4.12. The van der Waals surface area contributed by atoms with Gasteiger partial charge < -0.3 is 10.2 Å². The molecule has 0 saturated heterocycles. The van der Waals surface area contributed by atoms with Gasteiger partial charge in [-0.3, -0.25) is 4.79 Å². The van der Waals surface area contributed by atoms with Crippen molar-refractivity contribution in [3.05, 3.63) is 42.7 Å². The molecule has 0 unspecified atom stereocenters. The van der Waals surface area contributed by atoms with E-state index >= 15 is 0 Å². The van der Waals surface area contributed by atoms with Crippen LogP contribution in [0.1, 0.15) is 6.92 Å². The van der Waals surface area contributed by atoms with Crippen LogP contribution in [0.5, 0.6) is 0 Å². The quantitative estimate of drug-likeness (QED) is 0.591. The number of benzene rings is 1. The maximum atomic E-state index is 11.3. The third-order valence-electron chi connectivity index (χ3n) is 3.00. The average Bonchev–Trinajstić information content (AvgIpc) is 3.01. The number of para-hydroxylation sites is 1. The number of carbonyl (C=O) groups is 1. The third kappa shape index (κ3) is 2.75. The number of fused-ring (bicyclic) bond motifs is 1. The Hall–Kier alpha value is -2.34. The maximum Gasteiger partial charge on any atom is 0.230 e. The van der Waals surface area contributed by atoms with Crippen LogP contribution in [0.25, 0.3) is 22.5 Å². The molecule has 0 saturated carbocycles. The molecule has 3 aromatic rings. The van der Waals surface area contributed by atoms with E-state index in [1.807, 2.05) is 24.3 Å². The lowest BCUT2D eigenvalue weighted by atomic mass is 10.2. The predicted octanol–water partition coefficient (Wildman–Crippen LogP) is 2.86. The summed E-state index contributed by atoms with van der Waals surface area (Å²) >= 11 is 1.33. The van der Waals surface area contributed by atoms with Gasteiger partial charge >= 0.3 is 0 Å². The highest BCUT2D eigenvalue weighted by Crippen LogP contribution is 2.30. The minimum absolute atomic E-state index is 0.368. The molecule has 0 aliphatic rings. The fraction of sp³-hybridized carbons (Fsp3) is 0.133. The van der Waals surface area contributed by atoms with Crippen molar-refractivity contribution in [1.29, 1.82) is 0 Å². The van der Waals surface area contributed by atoms with E-state index in [1.165, 1.54) is 11.8 Å². The van der Waals surface area contributed by atoms with Crippen molar-refractivity contribution >= 4 is 28.6 Å². The zero-order chi connectivity index (χ0) is 14.8. The smallest absolute Gasteiger partial charge is 0.230 e. The van der Waals surface area contributed by atoms with E-state index in [-0.39, 0.29) is 11.2 Å². The second-order valence-corrected chi connectivity index (χ2v) is 5.84. The summed E-state index contributed by atoms with van der Waals surface area (Å²) in [7, 11) is 0. The number of primary amides is 1. The Balaban J connectivity index is 2.14. The van der Waals surface area contributed by atoms with E-state index in [9.17, 15) is 4.79 Å². The lowest BCUT2D eigenvalue weighted by Crippen LogP contribution is -2.22. The predicted molar refractivity (Wildman–Crippen MR) is 81.8 cm³/mol. The first-order valence-corrected chi connectivity index (χ1v) is 7.30. The molecule has 106 valence electrons. The van der Waals surface area contributed by atoms with Gasteiger partial charge in [-0.1, -0.05) is 30.0 Å². The van der Waals surface area contributed by atoms with Crippen LogP contribution in [0, 0.1) is 0 Å². The molecule has 0 bridgehead atoms. The summed E-state index contributed by atoms with van der Waals surface area (Å²) < 4.78 is 5.35. The largest absolute Gasteiger partial charge is 0.461 e. The summed E-state index contributed by atoms with van der Waals surface area (Å²) in [6.07, 6.45) is 1.58. The number of rotatable bonds is 4. The molecule has 0 aliphatic carbocycles. The molecular formula is C15H13N3O2S. The van der Waals surface area contributed by atoms with E-state index in [0.717, 1.165) is 15.9 Å². The van der Waals surface area contributed by atoms with Crippen molar-refractivity contribution in [2.45, 2.75) is 17.2 Å². The van der Waals surface area contributed by atoms with Crippen LogP contribution in [0.2, 0.25) is 0 Å². The summed E-state index contributed by atoms with van der Waals surface area (Å²) in [4.78, 5) is 20.3. The van der Waals surface area contributed by atoms with Crippen LogP contribution in [0.15, 0.2) is 52.1 Å². The lowest BCUT2D eigenvalue weighted by Gasteiger charge is -2.10. The summed E-state index contributed by atoms with van der Waals surface area (Å²) in [6.45, 7) is 1.76. The molecule has 0 radical (unpaired) electrons. The molecule has 6 heteroatoms. The Kier molecular flexibility index (Phi) is 3.62. The molecule has 1 atom stereocenters. The highest BCUT2D eigenvalue weighted by Gasteiger charge is 2.16. The topological polar surface area (TPSA) is 82.0 Å². The van der Waals surface area contributed by atoms with Gasteiger partial charge in [0, 0.05) is 5.39 Å². The van der Waals surface area contributed by atoms with E-state index in [4.69, 9.17) is 10.2 Å². The Morgan fingerprint density at radius 2 is 2.05 bits per heavy atom. The molecule has 21 heavy (non-hydrogen) atoms. The molecule has 2 aromatic heterocycles. The molecule has 1 aromatic carbocycles. The Bertz CT molecular complexity index is 787. The number of aromatic nitrogens is 2. The Labute approximate surface area is 125 Å².